The van der Waals surface area contributed by atoms with Gasteiger partial charge < -0.3 is 15.4 Å². The second kappa shape index (κ2) is 10.2. The molecule has 0 spiro atoms. The minimum absolute atomic E-state index is 0.0796. The summed E-state index contributed by atoms with van der Waals surface area (Å²) >= 11 is 0. The van der Waals surface area contributed by atoms with E-state index in [1.165, 1.54) is 6.20 Å². The number of hydrogen-bond donors (Lipinski definition) is 2. The van der Waals surface area contributed by atoms with Crippen LogP contribution in [0.3, 0.4) is 0 Å². The van der Waals surface area contributed by atoms with Gasteiger partial charge in [-0.15, -0.1) is 0 Å². The molecule has 0 bridgehead atoms. The van der Waals surface area contributed by atoms with E-state index in [0.717, 1.165) is 12.1 Å². The lowest BCUT2D eigenvalue weighted by atomic mass is 10.2. The maximum Gasteiger partial charge on any atom is 0.341 e. The van der Waals surface area contributed by atoms with Crippen molar-refractivity contribution in [1.82, 2.24) is 20.4 Å². The molecule has 0 radical (unpaired) electrons. The molecule has 0 unspecified atom stereocenters. The van der Waals surface area contributed by atoms with Gasteiger partial charge in [0, 0.05) is 25.1 Å². The summed E-state index contributed by atoms with van der Waals surface area (Å²) in [6, 6.07) is 6.84. The lowest BCUT2D eigenvalue weighted by Gasteiger charge is -2.08. The van der Waals surface area contributed by atoms with E-state index in [9.17, 15) is 14.4 Å². The molecule has 1 aromatic heterocycles. The fraction of sp³-hybridized carbons (Fsp3) is 0.400. The van der Waals surface area contributed by atoms with Crippen molar-refractivity contribution < 1.29 is 19.1 Å². The average Bonchev–Trinajstić information content (AvgIpc) is 3.08. The first-order valence-corrected chi connectivity index (χ1v) is 9.35. The fourth-order valence-corrected chi connectivity index (χ4v) is 2.58. The third-order valence-corrected chi connectivity index (χ3v) is 4.09. The van der Waals surface area contributed by atoms with E-state index >= 15 is 0 Å². The van der Waals surface area contributed by atoms with Crippen molar-refractivity contribution in [1.29, 1.82) is 0 Å². The van der Waals surface area contributed by atoms with Crippen LogP contribution >= 0.6 is 0 Å². The Kier molecular flexibility index (Phi) is 7.74. The predicted molar refractivity (Wildman–Crippen MR) is 105 cm³/mol. The zero-order valence-corrected chi connectivity index (χ0v) is 16.4. The van der Waals surface area contributed by atoms with E-state index in [1.54, 1.807) is 42.8 Å². The van der Waals surface area contributed by atoms with Crippen molar-refractivity contribution >= 4 is 17.8 Å². The van der Waals surface area contributed by atoms with Crippen LogP contribution in [-0.2, 0) is 9.53 Å². The molecule has 0 fully saturated rings. The van der Waals surface area contributed by atoms with Crippen molar-refractivity contribution in [3.63, 3.8) is 0 Å². The van der Waals surface area contributed by atoms with Crippen LogP contribution in [-0.4, -0.2) is 47.3 Å². The highest BCUT2D eigenvalue weighted by Crippen LogP contribution is 2.16. The fourth-order valence-electron chi connectivity index (χ4n) is 2.58. The minimum Gasteiger partial charge on any atom is -0.462 e. The molecule has 28 heavy (non-hydrogen) atoms. The van der Waals surface area contributed by atoms with Crippen molar-refractivity contribution in [2.75, 3.05) is 19.7 Å². The Morgan fingerprint density at radius 1 is 1.07 bits per heavy atom. The van der Waals surface area contributed by atoms with Crippen LogP contribution < -0.4 is 10.6 Å². The van der Waals surface area contributed by atoms with Gasteiger partial charge >= 0.3 is 5.97 Å². The SMILES string of the molecule is CCCNC(=O)CCNC(=O)c1ccc(-n2ncc(C(=O)OCC)c2C)cc1. The smallest absolute Gasteiger partial charge is 0.341 e. The standard InChI is InChI=1S/C20H26N4O4/c1-4-11-21-18(25)10-12-22-19(26)15-6-8-16(9-7-15)24-14(3)17(13-23-24)20(27)28-5-2/h6-9,13H,4-5,10-12H2,1-3H3,(H,21,25)(H,22,26). The number of amides is 2. The first-order valence-electron chi connectivity index (χ1n) is 9.35. The molecule has 8 nitrogen and oxygen atoms in total. The lowest BCUT2D eigenvalue weighted by Crippen LogP contribution is -2.31. The summed E-state index contributed by atoms with van der Waals surface area (Å²) in [4.78, 5) is 35.6. The van der Waals surface area contributed by atoms with Gasteiger partial charge in [-0.25, -0.2) is 9.48 Å². The number of carbonyl (C=O) groups excluding carboxylic acids is 3. The highest BCUT2D eigenvalue weighted by molar-refractivity contribution is 5.94. The number of hydrogen-bond acceptors (Lipinski definition) is 5. The van der Waals surface area contributed by atoms with Gasteiger partial charge in [-0.05, 0) is 44.5 Å². The van der Waals surface area contributed by atoms with Crippen molar-refractivity contribution in [3.05, 3.63) is 47.3 Å². The summed E-state index contributed by atoms with van der Waals surface area (Å²) in [6.45, 7) is 6.72. The maximum absolute atomic E-state index is 12.2. The Morgan fingerprint density at radius 2 is 1.79 bits per heavy atom. The normalized spacial score (nSPS) is 10.4. The summed E-state index contributed by atoms with van der Waals surface area (Å²) in [5, 5.41) is 9.72. The monoisotopic (exact) mass is 386 g/mol. The van der Waals surface area contributed by atoms with Gasteiger partial charge in [0.25, 0.3) is 5.91 Å². The zero-order valence-electron chi connectivity index (χ0n) is 16.4. The molecular formula is C20H26N4O4. The molecule has 2 amide bonds. The van der Waals surface area contributed by atoms with E-state index in [1.807, 2.05) is 6.92 Å². The molecule has 0 aliphatic carbocycles. The second-order valence-electron chi connectivity index (χ2n) is 6.18. The Labute approximate surface area is 164 Å². The van der Waals surface area contributed by atoms with Gasteiger partial charge in [-0.2, -0.15) is 5.10 Å². The summed E-state index contributed by atoms with van der Waals surface area (Å²) in [5.74, 6) is -0.742. The van der Waals surface area contributed by atoms with E-state index in [-0.39, 0.29) is 24.8 Å². The van der Waals surface area contributed by atoms with E-state index < -0.39 is 5.97 Å². The summed E-state index contributed by atoms with van der Waals surface area (Å²) < 4.78 is 6.63. The van der Waals surface area contributed by atoms with Gasteiger partial charge in [-0.3, -0.25) is 9.59 Å². The van der Waals surface area contributed by atoms with E-state index in [0.29, 0.717) is 30.0 Å². The Balaban J connectivity index is 1.97. The van der Waals surface area contributed by atoms with E-state index in [2.05, 4.69) is 15.7 Å². The zero-order chi connectivity index (χ0) is 20.5. The van der Waals surface area contributed by atoms with Crippen LogP contribution in [0.4, 0.5) is 0 Å². The van der Waals surface area contributed by atoms with Gasteiger partial charge in [0.1, 0.15) is 5.56 Å². The number of ether oxygens (including phenoxy) is 1. The number of esters is 1. The third kappa shape index (κ3) is 5.42. The molecule has 2 aromatic rings. The topological polar surface area (TPSA) is 102 Å². The molecule has 2 N–H and O–H groups in total. The number of rotatable bonds is 9. The van der Waals surface area contributed by atoms with Gasteiger partial charge in [0.05, 0.1) is 24.2 Å². The number of nitrogens with one attached hydrogen (secondary N) is 2. The Morgan fingerprint density at radius 3 is 2.43 bits per heavy atom. The summed E-state index contributed by atoms with van der Waals surface area (Å²) in [7, 11) is 0. The number of benzene rings is 1. The Hall–Kier alpha value is -3.16. The molecule has 8 heteroatoms. The molecule has 0 aliphatic rings. The van der Waals surface area contributed by atoms with Gasteiger partial charge in [-0.1, -0.05) is 6.92 Å². The highest BCUT2D eigenvalue weighted by atomic mass is 16.5. The first kappa shape index (κ1) is 21.1. The van der Waals surface area contributed by atoms with Crippen LogP contribution in [0, 0.1) is 6.92 Å². The largest absolute Gasteiger partial charge is 0.462 e. The third-order valence-electron chi connectivity index (χ3n) is 4.09. The summed E-state index contributed by atoms with van der Waals surface area (Å²) in [5.41, 5.74) is 2.27. The van der Waals surface area contributed by atoms with E-state index in [4.69, 9.17) is 4.74 Å². The van der Waals surface area contributed by atoms with Crippen LogP contribution in [0.1, 0.15) is 53.1 Å². The van der Waals surface area contributed by atoms with Crippen LogP contribution in [0.25, 0.3) is 5.69 Å². The number of nitrogens with zero attached hydrogens (tertiary/aromatic N) is 2. The van der Waals surface area contributed by atoms with Gasteiger partial charge in [0.2, 0.25) is 5.91 Å². The van der Waals surface area contributed by atoms with Crippen molar-refractivity contribution in [2.45, 2.75) is 33.6 Å². The first-order chi connectivity index (χ1) is 13.5. The maximum atomic E-state index is 12.2. The number of carbonyl (C=O) groups is 3. The second-order valence-corrected chi connectivity index (χ2v) is 6.18. The highest BCUT2D eigenvalue weighted by Gasteiger charge is 2.16. The van der Waals surface area contributed by atoms with Crippen LogP contribution in [0.5, 0.6) is 0 Å². The predicted octanol–water partition coefficient (Wildman–Crippen LogP) is 2.00. The molecule has 0 aliphatic heterocycles. The van der Waals surface area contributed by atoms with Crippen LogP contribution in [0.2, 0.25) is 0 Å². The molecule has 0 saturated carbocycles. The molecule has 1 aromatic carbocycles. The van der Waals surface area contributed by atoms with Crippen molar-refractivity contribution in [3.8, 4) is 5.69 Å². The lowest BCUT2D eigenvalue weighted by molar-refractivity contribution is -0.120. The van der Waals surface area contributed by atoms with Crippen molar-refractivity contribution in [2.24, 2.45) is 0 Å². The molecule has 0 atom stereocenters. The molecular weight excluding hydrogens is 360 g/mol. The quantitative estimate of drug-likeness (QED) is 0.642. The number of aromatic nitrogens is 2. The summed E-state index contributed by atoms with van der Waals surface area (Å²) in [6.07, 6.45) is 2.59. The molecule has 150 valence electrons. The average molecular weight is 386 g/mol. The Bertz CT molecular complexity index is 827. The molecule has 1 heterocycles. The van der Waals surface area contributed by atoms with Gasteiger partial charge in [0.15, 0.2) is 0 Å². The molecule has 0 saturated heterocycles. The van der Waals surface area contributed by atoms with Crippen LogP contribution in [0.15, 0.2) is 30.5 Å². The molecule has 2 rings (SSSR count). The minimum atomic E-state index is -0.412.